The summed E-state index contributed by atoms with van der Waals surface area (Å²) in [6, 6.07) is 7.63. The number of carbonyl (C=O) groups excluding carboxylic acids is 1. The highest BCUT2D eigenvalue weighted by Gasteiger charge is 2.27. The first-order valence-corrected chi connectivity index (χ1v) is 10.3. The molecule has 3 N–H and O–H groups in total. The number of nitrogens with two attached hydrogens (primary N) is 1. The summed E-state index contributed by atoms with van der Waals surface area (Å²) in [5, 5.41) is 16.2. The fourth-order valence-corrected chi connectivity index (χ4v) is 3.78. The van der Waals surface area contributed by atoms with Gasteiger partial charge >= 0.3 is 0 Å². The first-order valence-electron chi connectivity index (χ1n) is 10.3. The van der Waals surface area contributed by atoms with Gasteiger partial charge in [0.25, 0.3) is 5.91 Å². The summed E-state index contributed by atoms with van der Waals surface area (Å²) in [7, 11) is 1.32. The zero-order valence-corrected chi connectivity index (χ0v) is 18.1. The van der Waals surface area contributed by atoms with Crippen LogP contribution in [0.15, 0.2) is 30.3 Å². The number of ether oxygens (including phenoxy) is 2. The molecule has 1 aliphatic rings. The van der Waals surface area contributed by atoms with Crippen LogP contribution in [-0.4, -0.2) is 36.0 Å². The van der Waals surface area contributed by atoms with E-state index >= 15 is 4.39 Å². The second-order valence-corrected chi connectivity index (χ2v) is 7.61. The lowest BCUT2D eigenvalue weighted by Gasteiger charge is -2.11. The monoisotopic (exact) mass is 471 g/mol. The van der Waals surface area contributed by atoms with Crippen LogP contribution >= 0.6 is 0 Å². The van der Waals surface area contributed by atoms with Crippen LogP contribution < -0.4 is 15.8 Å². The van der Waals surface area contributed by atoms with Gasteiger partial charge in [-0.2, -0.15) is 10.4 Å². The Morgan fingerprint density at radius 1 is 1.32 bits per heavy atom. The van der Waals surface area contributed by atoms with E-state index in [1.54, 1.807) is 0 Å². The van der Waals surface area contributed by atoms with Gasteiger partial charge in [-0.25, -0.2) is 17.9 Å². The van der Waals surface area contributed by atoms with Crippen LogP contribution in [0.2, 0.25) is 0 Å². The minimum atomic E-state index is -1.24. The largest absolute Gasteiger partial charge is 0.496 e. The predicted octanol–water partition coefficient (Wildman–Crippen LogP) is 3.32. The van der Waals surface area contributed by atoms with Crippen molar-refractivity contribution in [3.63, 3.8) is 0 Å². The molecule has 4 rings (SSSR count). The van der Waals surface area contributed by atoms with Crippen molar-refractivity contribution >= 4 is 11.7 Å². The maximum Gasteiger partial charge on any atom is 0.255 e. The third-order valence-corrected chi connectivity index (χ3v) is 5.57. The molecular weight excluding hydrogens is 451 g/mol. The van der Waals surface area contributed by atoms with E-state index in [0.717, 1.165) is 12.1 Å². The van der Waals surface area contributed by atoms with Crippen LogP contribution in [-0.2, 0) is 11.3 Å². The summed E-state index contributed by atoms with van der Waals surface area (Å²) in [5.41, 5.74) is 5.42. The highest BCUT2D eigenvalue weighted by Crippen LogP contribution is 2.33. The van der Waals surface area contributed by atoms with Gasteiger partial charge in [-0.1, -0.05) is 6.07 Å². The molecule has 0 spiro atoms. The lowest BCUT2D eigenvalue weighted by atomic mass is 10.0. The van der Waals surface area contributed by atoms with Gasteiger partial charge < -0.3 is 20.5 Å². The molecule has 1 amide bonds. The Morgan fingerprint density at radius 3 is 2.79 bits per heavy atom. The molecule has 11 heteroatoms. The minimum Gasteiger partial charge on any atom is -0.496 e. The highest BCUT2D eigenvalue weighted by molar-refractivity contribution is 5.96. The number of carbonyl (C=O) groups is 1. The van der Waals surface area contributed by atoms with Crippen molar-refractivity contribution in [1.82, 2.24) is 15.1 Å². The summed E-state index contributed by atoms with van der Waals surface area (Å²) in [6.45, 7) is 0.483. The van der Waals surface area contributed by atoms with Crippen molar-refractivity contribution in [2.45, 2.75) is 19.0 Å². The average Bonchev–Trinajstić information content (AvgIpc) is 3.47. The van der Waals surface area contributed by atoms with Crippen LogP contribution in [0.4, 0.5) is 19.0 Å². The van der Waals surface area contributed by atoms with E-state index in [9.17, 15) is 18.8 Å². The van der Waals surface area contributed by atoms with Gasteiger partial charge in [-0.05, 0) is 30.7 Å². The van der Waals surface area contributed by atoms with E-state index in [-0.39, 0.29) is 52.1 Å². The Hall–Kier alpha value is -4.04. The highest BCUT2D eigenvalue weighted by atomic mass is 19.2. The van der Waals surface area contributed by atoms with Crippen molar-refractivity contribution in [2.24, 2.45) is 0 Å². The maximum atomic E-state index is 15.0. The Labute approximate surface area is 192 Å². The summed E-state index contributed by atoms with van der Waals surface area (Å²) >= 11 is 0. The predicted molar refractivity (Wildman–Crippen MR) is 115 cm³/mol. The normalized spacial score (nSPS) is 15.2. The SMILES string of the molecule is COc1ccc(F)cc1C(=O)NCc1ccc(-c2nn(C3CCOC3)c(N)c2C#N)c(F)c1F. The van der Waals surface area contributed by atoms with Crippen LogP contribution in [0.1, 0.15) is 33.9 Å². The number of anilines is 1. The molecule has 1 fully saturated rings. The molecule has 0 aliphatic carbocycles. The van der Waals surface area contributed by atoms with Gasteiger partial charge in [0.1, 0.15) is 34.7 Å². The lowest BCUT2D eigenvalue weighted by Crippen LogP contribution is -2.24. The number of nitrogens with one attached hydrogen (secondary N) is 1. The number of methoxy groups -OCH3 is 1. The number of benzene rings is 2. The van der Waals surface area contributed by atoms with Crippen molar-refractivity contribution in [2.75, 3.05) is 26.1 Å². The minimum absolute atomic E-state index is 0.0492. The lowest BCUT2D eigenvalue weighted by molar-refractivity contribution is 0.0947. The van der Waals surface area contributed by atoms with Crippen molar-refractivity contribution < 1.29 is 27.4 Å². The topological polar surface area (TPSA) is 115 Å². The summed E-state index contributed by atoms with van der Waals surface area (Å²) in [5.74, 6) is -3.65. The molecular formula is C23H20F3N5O3. The standard InChI is InChI=1S/C23H20F3N5O3/c1-33-18-5-3-13(24)8-16(18)23(32)29-10-12-2-4-15(20(26)19(12)25)21-17(9-27)22(28)31(30-21)14-6-7-34-11-14/h2-5,8,14H,6-7,10-11,28H2,1H3,(H,29,32). The van der Waals surface area contributed by atoms with E-state index in [4.69, 9.17) is 15.2 Å². The third-order valence-electron chi connectivity index (χ3n) is 5.57. The molecule has 3 aromatic rings. The molecule has 0 saturated carbocycles. The number of halogens is 3. The Morgan fingerprint density at radius 2 is 2.12 bits per heavy atom. The van der Waals surface area contributed by atoms with Gasteiger partial charge in [0.2, 0.25) is 0 Å². The molecule has 8 nitrogen and oxygen atoms in total. The van der Waals surface area contributed by atoms with Crippen molar-refractivity contribution in [1.29, 1.82) is 5.26 Å². The van der Waals surface area contributed by atoms with E-state index in [1.807, 2.05) is 6.07 Å². The van der Waals surface area contributed by atoms with E-state index in [2.05, 4.69) is 10.4 Å². The zero-order chi connectivity index (χ0) is 24.4. The number of hydrogen-bond donors (Lipinski definition) is 2. The number of rotatable bonds is 6. The molecule has 0 radical (unpaired) electrons. The number of aromatic nitrogens is 2. The molecule has 2 heterocycles. The van der Waals surface area contributed by atoms with Gasteiger partial charge in [0.05, 0.1) is 25.3 Å². The van der Waals surface area contributed by atoms with Gasteiger partial charge in [-0.15, -0.1) is 0 Å². The van der Waals surface area contributed by atoms with Crippen LogP contribution in [0.5, 0.6) is 5.75 Å². The third kappa shape index (κ3) is 4.15. The number of nitriles is 1. The quantitative estimate of drug-likeness (QED) is 0.570. The smallest absolute Gasteiger partial charge is 0.255 e. The number of hydrogen-bond acceptors (Lipinski definition) is 6. The molecule has 34 heavy (non-hydrogen) atoms. The summed E-state index contributed by atoms with van der Waals surface area (Å²) in [6.07, 6.45) is 0.627. The molecule has 1 saturated heterocycles. The zero-order valence-electron chi connectivity index (χ0n) is 18.1. The maximum absolute atomic E-state index is 15.0. The Bertz CT molecular complexity index is 1300. The molecule has 1 aromatic heterocycles. The molecule has 1 unspecified atom stereocenters. The first-order chi connectivity index (χ1) is 16.3. The van der Waals surface area contributed by atoms with Crippen LogP contribution in [0.25, 0.3) is 11.3 Å². The van der Waals surface area contributed by atoms with Gasteiger partial charge in [-0.3, -0.25) is 4.79 Å². The Balaban J connectivity index is 1.60. The van der Waals surface area contributed by atoms with E-state index in [1.165, 1.54) is 30.0 Å². The van der Waals surface area contributed by atoms with E-state index < -0.39 is 23.4 Å². The molecule has 2 aromatic carbocycles. The number of amides is 1. The summed E-state index contributed by atoms with van der Waals surface area (Å²) in [4.78, 5) is 12.4. The fraction of sp³-hybridized carbons (Fsp3) is 0.261. The molecule has 1 atom stereocenters. The van der Waals surface area contributed by atoms with Gasteiger partial charge in [0, 0.05) is 24.3 Å². The van der Waals surface area contributed by atoms with Crippen molar-refractivity contribution in [3.8, 4) is 23.1 Å². The average molecular weight is 471 g/mol. The fourth-order valence-electron chi connectivity index (χ4n) is 3.78. The molecule has 0 bridgehead atoms. The van der Waals surface area contributed by atoms with Crippen molar-refractivity contribution in [3.05, 3.63) is 64.5 Å². The molecule has 176 valence electrons. The first kappa shape index (κ1) is 23.1. The second-order valence-electron chi connectivity index (χ2n) is 7.61. The van der Waals surface area contributed by atoms with Gasteiger partial charge in [0.15, 0.2) is 11.6 Å². The summed E-state index contributed by atoms with van der Waals surface area (Å²) < 4.78 is 55.2. The Kier molecular flexibility index (Phi) is 6.43. The number of nitrogen functional groups attached to an aromatic ring is 1. The van der Waals surface area contributed by atoms with E-state index in [0.29, 0.717) is 19.6 Å². The number of nitrogens with zero attached hydrogens (tertiary/aromatic N) is 3. The molecule has 1 aliphatic heterocycles. The van der Waals surface area contributed by atoms with Crippen LogP contribution in [0, 0.1) is 28.8 Å². The van der Waals surface area contributed by atoms with Crippen LogP contribution in [0.3, 0.4) is 0 Å². The second kappa shape index (κ2) is 9.44.